The van der Waals surface area contributed by atoms with Gasteiger partial charge in [-0.2, -0.15) is 0 Å². The summed E-state index contributed by atoms with van der Waals surface area (Å²) in [6.07, 6.45) is 6.23. The van der Waals surface area contributed by atoms with E-state index in [1.165, 1.54) is 0 Å². The summed E-state index contributed by atoms with van der Waals surface area (Å²) in [5.41, 5.74) is 1.84. The third kappa shape index (κ3) is 3.00. The Morgan fingerprint density at radius 2 is 1.17 bits per heavy atom. The number of hydrogen-bond acceptors (Lipinski definition) is 1. The molecular weight excluding hydrogens is 292 g/mol. The Morgan fingerprint density at radius 1 is 0.750 bits per heavy atom. The molecule has 3 aromatic rings. The molecule has 0 radical (unpaired) electrons. The summed E-state index contributed by atoms with van der Waals surface area (Å²) in [5, 5.41) is 0. The summed E-state index contributed by atoms with van der Waals surface area (Å²) < 4.78 is 0. The molecular formula is C23H18O. The van der Waals surface area contributed by atoms with E-state index < -0.39 is 5.41 Å². The van der Waals surface area contributed by atoms with Crippen LogP contribution in [0, 0.1) is 12.3 Å². The van der Waals surface area contributed by atoms with Gasteiger partial charge in [0.1, 0.15) is 0 Å². The lowest BCUT2D eigenvalue weighted by Gasteiger charge is -2.29. The number of hydrogen-bond donors (Lipinski definition) is 0. The zero-order chi connectivity index (χ0) is 16.8. The number of ketones is 1. The van der Waals surface area contributed by atoms with E-state index in [1.807, 2.05) is 91.0 Å². The van der Waals surface area contributed by atoms with E-state index in [0.29, 0.717) is 5.56 Å². The number of carbonyl (C=O) groups is 1. The lowest BCUT2D eigenvalue weighted by molar-refractivity contribution is 0.0969. The predicted molar refractivity (Wildman–Crippen MR) is 97.9 cm³/mol. The molecule has 116 valence electrons. The molecule has 3 rings (SSSR count). The summed E-state index contributed by atoms with van der Waals surface area (Å²) in [5.74, 6) is 2.97. The second-order valence-electron chi connectivity index (χ2n) is 5.75. The minimum atomic E-state index is -0.768. The minimum Gasteiger partial charge on any atom is -0.294 e. The first-order valence-electron chi connectivity index (χ1n) is 7.93. The average molecular weight is 310 g/mol. The third-order valence-electron chi connectivity index (χ3n) is 4.30. The number of rotatable bonds is 5. The molecule has 0 aromatic heterocycles. The monoisotopic (exact) mass is 310 g/mol. The minimum absolute atomic E-state index is 0.0428. The highest BCUT2D eigenvalue weighted by Gasteiger charge is 2.34. The molecule has 1 heteroatoms. The average Bonchev–Trinajstić information content (AvgIpc) is 2.68. The molecule has 0 saturated carbocycles. The number of Topliss-reactive ketones (excluding diaryl/α,β-unsaturated/α-hetero) is 1. The first-order valence-corrected chi connectivity index (χ1v) is 7.93. The van der Waals surface area contributed by atoms with E-state index >= 15 is 0 Å². The SMILES string of the molecule is C#CC(CC(=O)c1ccccc1)(c1ccccc1)c1ccccc1. The normalized spacial score (nSPS) is 10.8. The molecule has 0 aliphatic heterocycles. The van der Waals surface area contributed by atoms with Gasteiger partial charge in [-0.1, -0.05) is 96.9 Å². The molecule has 0 saturated heterocycles. The summed E-state index contributed by atoms with van der Waals surface area (Å²) in [4.78, 5) is 12.9. The molecule has 0 heterocycles. The Bertz CT molecular complexity index is 803. The van der Waals surface area contributed by atoms with Crippen molar-refractivity contribution in [1.29, 1.82) is 0 Å². The van der Waals surface area contributed by atoms with Crippen molar-refractivity contribution in [3.05, 3.63) is 108 Å². The van der Waals surface area contributed by atoms with Gasteiger partial charge in [0.2, 0.25) is 0 Å². The van der Waals surface area contributed by atoms with Gasteiger partial charge in [-0.3, -0.25) is 4.79 Å². The van der Waals surface area contributed by atoms with Crippen molar-refractivity contribution >= 4 is 5.78 Å². The Balaban J connectivity index is 2.09. The van der Waals surface area contributed by atoms with Gasteiger partial charge in [-0.05, 0) is 11.1 Å². The van der Waals surface area contributed by atoms with Crippen molar-refractivity contribution in [1.82, 2.24) is 0 Å². The van der Waals surface area contributed by atoms with E-state index in [4.69, 9.17) is 6.42 Å². The van der Waals surface area contributed by atoms with E-state index in [-0.39, 0.29) is 12.2 Å². The van der Waals surface area contributed by atoms with Crippen molar-refractivity contribution < 1.29 is 4.79 Å². The van der Waals surface area contributed by atoms with Crippen LogP contribution >= 0.6 is 0 Å². The highest BCUT2D eigenvalue weighted by atomic mass is 16.1. The van der Waals surface area contributed by atoms with Crippen LogP contribution in [0.15, 0.2) is 91.0 Å². The predicted octanol–water partition coefficient (Wildman–Crippen LogP) is 4.88. The standard InChI is InChI=1S/C23H18O/c1-2-23(20-14-8-4-9-15-20,21-16-10-5-11-17-21)18-22(24)19-12-6-3-7-13-19/h1,3-17H,18H2. The fourth-order valence-corrected chi connectivity index (χ4v) is 3.00. The molecule has 0 spiro atoms. The second kappa shape index (κ2) is 6.98. The largest absolute Gasteiger partial charge is 0.294 e. The zero-order valence-electron chi connectivity index (χ0n) is 13.4. The summed E-state index contributed by atoms with van der Waals surface area (Å²) in [6.45, 7) is 0. The molecule has 0 aliphatic rings. The molecule has 0 N–H and O–H groups in total. The third-order valence-corrected chi connectivity index (χ3v) is 4.30. The number of carbonyl (C=O) groups excluding carboxylic acids is 1. The van der Waals surface area contributed by atoms with Crippen molar-refractivity contribution in [2.24, 2.45) is 0 Å². The van der Waals surface area contributed by atoms with Crippen LogP contribution < -0.4 is 0 Å². The van der Waals surface area contributed by atoms with Crippen LogP contribution in [0.2, 0.25) is 0 Å². The maximum absolute atomic E-state index is 12.9. The van der Waals surface area contributed by atoms with Crippen molar-refractivity contribution in [3.8, 4) is 12.3 Å². The molecule has 0 fully saturated rings. The van der Waals surface area contributed by atoms with Crippen LogP contribution in [0.5, 0.6) is 0 Å². The van der Waals surface area contributed by atoms with E-state index in [2.05, 4.69) is 5.92 Å². The summed E-state index contributed by atoms with van der Waals surface area (Å²) in [6, 6.07) is 29.0. The molecule has 0 aliphatic carbocycles. The van der Waals surface area contributed by atoms with Gasteiger partial charge < -0.3 is 0 Å². The Morgan fingerprint density at radius 3 is 1.58 bits per heavy atom. The number of terminal acetylenes is 1. The fourth-order valence-electron chi connectivity index (χ4n) is 3.00. The lowest BCUT2D eigenvalue weighted by Crippen LogP contribution is -2.29. The Kier molecular flexibility index (Phi) is 4.59. The zero-order valence-corrected chi connectivity index (χ0v) is 13.4. The topological polar surface area (TPSA) is 17.1 Å². The van der Waals surface area contributed by atoms with Crippen LogP contribution in [0.25, 0.3) is 0 Å². The summed E-state index contributed by atoms with van der Waals surface area (Å²) in [7, 11) is 0. The Hall–Kier alpha value is -3.11. The molecule has 0 unspecified atom stereocenters. The molecule has 3 aromatic carbocycles. The highest BCUT2D eigenvalue weighted by Crippen LogP contribution is 2.36. The molecule has 24 heavy (non-hydrogen) atoms. The van der Waals surface area contributed by atoms with Crippen molar-refractivity contribution in [2.75, 3.05) is 0 Å². The number of benzene rings is 3. The van der Waals surface area contributed by atoms with Crippen LogP contribution in [0.3, 0.4) is 0 Å². The Labute approximate surface area is 143 Å². The van der Waals surface area contributed by atoms with E-state index in [1.54, 1.807) is 0 Å². The molecule has 0 amide bonds. The van der Waals surface area contributed by atoms with Gasteiger partial charge in [0.05, 0.1) is 5.41 Å². The van der Waals surface area contributed by atoms with Gasteiger partial charge in [0, 0.05) is 12.0 Å². The van der Waals surface area contributed by atoms with Gasteiger partial charge in [-0.25, -0.2) is 0 Å². The summed E-state index contributed by atoms with van der Waals surface area (Å²) >= 11 is 0. The van der Waals surface area contributed by atoms with E-state index in [0.717, 1.165) is 11.1 Å². The van der Waals surface area contributed by atoms with Gasteiger partial charge in [0.15, 0.2) is 5.78 Å². The van der Waals surface area contributed by atoms with Crippen LogP contribution in [0.1, 0.15) is 27.9 Å². The molecule has 0 bridgehead atoms. The lowest BCUT2D eigenvalue weighted by atomic mass is 9.71. The fraction of sp³-hybridized carbons (Fsp3) is 0.0870. The van der Waals surface area contributed by atoms with E-state index in [9.17, 15) is 4.79 Å². The van der Waals surface area contributed by atoms with Crippen molar-refractivity contribution in [2.45, 2.75) is 11.8 Å². The van der Waals surface area contributed by atoms with Crippen molar-refractivity contribution in [3.63, 3.8) is 0 Å². The second-order valence-corrected chi connectivity index (χ2v) is 5.75. The smallest absolute Gasteiger partial charge is 0.165 e. The van der Waals surface area contributed by atoms with Gasteiger partial charge >= 0.3 is 0 Å². The maximum Gasteiger partial charge on any atom is 0.165 e. The van der Waals surface area contributed by atoms with Crippen LogP contribution in [-0.2, 0) is 5.41 Å². The first kappa shape index (κ1) is 15.8. The highest BCUT2D eigenvalue weighted by molar-refractivity contribution is 5.97. The van der Waals surface area contributed by atoms with Crippen LogP contribution in [-0.4, -0.2) is 5.78 Å². The first-order chi connectivity index (χ1) is 11.8. The molecule has 1 nitrogen and oxygen atoms in total. The molecule has 0 atom stereocenters. The van der Waals surface area contributed by atoms with Gasteiger partial charge in [0.25, 0.3) is 0 Å². The van der Waals surface area contributed by atoms with Gasteiger partial charge in [-0.15, -0.1) is 6.42 Å². The maximum atomic E-state index is 12.9. The van der Waals surface area contributed by atoms with Crippen LogP contribution in [0.4, 0.5) is 0 Å². The quantitative estimate of drug-likeness (QED) is 0.485.